The molecule has 3 aliphatic heterocycles. The first kappa shape index (κ1) is 18.9. The molecule has 0 radical (unpaired) electrons. The Morgan fingerprint density at radius 3 is 2.57 bits per heavy atom. The van der Waals surface area contributed by atoms with Gasteiger partial charge in [0.25, 0.3) is 11.8 Å². The Morgan fingerprint density at radius 1 is 1.07 bits per heavy atom. The zero-order valence-corrected chi connectivity index (χ0v) is 16.4. The van der Waals surface area contributed by atoms with Crippen LogP contribution in [0.15, 0.2) is 24.3 Å². The molecule has 1 N–H and O–H groups in total. The molecule has 4 rings (SSSR count). The van der Waals surface area contributed by atoms with Crippen LogP contribution in [-0.4, -0.2) is 84.8 Å². The van der Waals surface area contributed by atoms with Gasteiger partial charge in [0.2, 0.25) is 5.91 Å². The minimum absolute atomic E-state index is 0.0172. The molecule has 150 valence electrons. The first-order valence-electron chi connectivity index (χ1n) is 10.2. The van der Waals surface area contributed by atoms with Crippen molar-refractivity contribution in [3.05, 3.63) is 35.4 Å². The minimum atomic E-state index is -0.192. The number of amides is 3. The van der Waals surface area contributed by atoms with Crippen molar-refractivity contribution in [2.75, 3.05) is 46.3 Å². The van der Waals surface area contributed by atoms with E-state index in [0.717, 1.165) is 52.0 Å². The lowest BCUT2D eigenvalue weighted by Gasteiger charge is -2.37. The van der Waals surface area contributed by atoms with Crippen LogP contribution in [0.4, 0.5) is 0 Å². The Hall–Kier alpha value is -2.41. The number of rotatable bonds is 4. The van der Waals surface area contributed by atoms with Gasteiger partial charge in [0.05, 0.1) is 6.54 Å². The van der Waals surface area contributed by atoms with E-state index in [0.29, 0.717) is 23.6 Å². The molecule has 1 aromatic carbocycles. The van der Waals surface area contributed by atoms with Gasteiger partial charge >= 0.3 is 0 Å². The topological polar surface area (TPSA) is 73.0 Å². The van der Waals surface area contributed by atoms with Crippen LogP contribution in [0.3, 0.4) is 0 Å². The number of carbonyl (C=O) groups excluding carboxylic acids is 3. The average Bonchev–Trinajstić information content (AvgIpc) is 3.07. The van der Waals surface area contributed by atoms with E-state index in [2.05, 4.69) is 10.2 Å². The van der Waals surface area contributed by atoms with Crippen LogP contribution < -0.4 is 5.32 Å². The van der Waals surface area contributed by atoms with E-state index in [4.69, 9.17) is 0 Å². The third-order valence-electron chi connectivity index (χ3n) is 6.28. The Kier molecular flexibility index (Phi) is 5.35. The molecule has 7 heteroatoms. The van der Waals surface area contributed by atoms with E-state index in [9.17, 15) is 14.4 Å². The normalized spacial score (nSPS) is 24.5. The molecule has 0 spiro atoms. The highest BCUT2D eigenvalue weighted by Gasteiger charge is 2.42. The predicted octanol–water partition coefficient (Wildman–Crippen LogP) is 0.815. The second kappa shape index (κ2) is 7.91. The van der Waals surface area contributed by atoms with Gasteiger partial charge < -0.3 is 15.1 Å². The molecular formula is C21H28N4O3. The molecule has 28 heavy (non-hydrogen) atoms. The summed E-state index contributed by atoms with van der Waals surface area (Å²) < 4.78 is 0. The summed E-state index contributed by atoms with van der Waals surface area (Å²) in [6.45, 7) is 4.59. The van der Waals surface area contributed by atoms with Crippen molar-refractivity contribution < 1.29 is 14.4 Å². The second-order valence-corrected chi connectivity index (χ2v) is 8.06. The van der Waals surface area contributed by atoms with Crippen LogP contribution >= 0.6 is 0 Å². The smallest absolute Gasteiger partial charge is 0.254 e. The number of nitrogens with one attached hydrogen (secondary N) is 1. The summed E-state index contributed by atoms with van der Waals surface area (Å²) in [4.78, 5) is 43.5. The summed E-state index contributed by atoms with van der Waals surface area (Å²) in [6, 6.07) is 7.07. The van der Waals surface area contributed by atoms with Crippen molar-refractivity contribution >= 4 is 17.7 Å². The van der Waals surface area contributed by atoms with Crippen molar-refractivity contribution in [3.63, 3.8) is 0 Å². The lowest BCUT2D eigenvalue weighted by molar-refractivity contribution is -0.135. The largest absolute Gasteiger partial charge is 0.355 e. The number of fused-ring (bicyclic) bond motifs is 1. The molecule has 7 nitrogen and oxygen atoms in total. The van der Waals surface area contributed by atoms with Crippen molar-refractivity contribution in [1.29, 1.82) is 0 Å². The van der Waals surface area contributed by atoms with Gasteiger partial charge in [0.1, 0.15) is 0 Å². The highest BCUT2D eigenvalue weighted by Crippen LogP contribution is 2.31. The van der Waals surface area contributed by atoms with Gasteiger partial charge in [-0.25, -0.2) is 0 Å². The van der Waals surface area contributed by atoms with Gasteiger partial charge in [0, 0.05) is 56.9 Å². The average molecular weight is 384 g/mol. The Morgan fingerprint density at radius 2 is 1.86 bits per heavy atom. The third kappa shape index (κ3) is 3.63. The van der Waals surface area contributed by atoms with Crippen LogP contribution in [0.5, 0.6) is 0 Å². The summed E-state index contributed by atoms with van der Waals surface area (Å²) in [5, 5.41) is 2.60. The maximum Gasteiger partial charge on any atom is 0.254 e. The fourth-order valence-electron chi connectivity index (χ4n) is 4.61. The van der Waals surface area contributed by atoms with E-state index in [-0.39, 0.29) is 23.8 Å². The Bertz CT molecular complexity index is 777. The number of piperidine rings is 1. The molecule has 0 aliphatic carbocycles. The lowest BCUT2D eigenvalue weighted by atomic mass is 9.91. The summed E-state index contributed by atoms with van der Waals surface area (Å²) in [6.07, 6.45) is 3.19. The van der Waals surface area contributed by atoms with Crippen LogP contribution in [0, 0.1) is 5.92 Å². The molecule has 3 fully saturated rings. The SMILES string of the molecule is CNC(=O)c1cccc(C(=O)N2CCC[C@H]3CN(CC(=O)N4CCC4)C[C@H]32)c1. The Labute approximate surface area is 165 Å². The van der Waals surface area contributed by atoms with E-state index >= 15 is 0 Å². The first-order chi connectivity index (χ1) is 13.6. The van der Waals surface area contributed by atoms with Gasteiger partial charge in [-0.1, -0.05) is 6.07 Å². The number of benzene rings is 1. The van der Waals surface area contributed by atoms with E-state index in [1.54, 1.807) is 31.3 Å². The molecule has 0 unspecified atom stereocenters. The summed E-state index contributed by atoms with van der Waals surface area (Å²) >= 11 is 0. The van der Waals surface area contributed by atoms with Crippen molar-refractivity contribution in [2.45, 2.75) is 25.3 Å². The first-order valence-corrected chi connectivity index (χ1v) is 10.2. The monoisotopic (exact) mass is 384 g/mol. The standard InChI is InChI=1S/C21H28N4O3/c1-22-20(27)15-5-2-6-16(11-15)21(28)25-10-3-7-17-12-23(13-18(17)25)14-19(26)24-8-4-9-24/h2,5-6,11,17-18H,3-4,7-10,12-14H2,1H3,(H,22,27)/t17-,18+/m0/s1. The second-order valence-electron chi connectivity index (χ2n) is 8.06. The molecule has 1 aromatic rings. The third-order valence-corrected chi connectivity index (χ3v) is 6.28. The maximum absolute atomic E-state index is 13.2. The lowest BCUT2D eigenvalue weighted by Crippen LogP contribution is -2.49. The van der Waals surface area contributed by atoms with Gasteiger partial charge in [-0.15, -0.1) is 0 Å². The van der Waals surface area contributed by atoms with Crippen LogP contribution in [0.25, 0.3) is 0 Å². The van der Waals surface area contributed by atoms with Crippen molar-refractivity contribution in [1.82, 2.24) is 20.0 Å². The fraction of sp³-hybridized carbons (Fsp3) is 0.571. The quantitative estimate of drug-likeness (QED) is 0.834. The molecule has 3 saturated heterocycles. The van der Waals surface area contributed by atoms with Crippen LogP contribution in [0.1, 0.15) is 40.0 Å². The highest BCUT2D eigenvalue weighted by molar-refractivity contribution is 5.99. The van der Waals surface area contributed by atoms with E-state index < -0.39 is 0 Å². The van der Waals surface area contributed by atoms with Gasteiger partial charge in [-0.3, -0.25) is 19.3 Å². The van der Waals surface area contributed by atoms with Gasteiger partial charge in [-0.2, -0.15) is 0 Å². The van der Waals surface area contributed by atoms with Crippen molar-refractivity contribution in [2.24, 2.45) is 5.92 Å². The number of hydrogen-bond donors (Lipinski definition) is 1. The molecule has 3 amide bonds. The molecule has 2 atom stereocenters. The molecule has 3 heterocycles. The van der Waals surface area contributed by atoms with Gasteiger partial charge in [-0.05, 0) is 43.4 Å². The maximum atomic E-state index is 13.2. The summed E-state index contributed by atoms with van der Waals surface area (Å²) in [5.41, 5.74) is 1.05. The van der Waals surface area contributed by atoms with Crippen LogP contribution in [-0.2, 0) is 4.79 Å². The predicted molar refractivity (Wildman–Crippen MR) is 105 cm³/mol. The summed E-state index contributed by atoms with van der Waals surface area (Å²) in [7, 11) is 1.58. The molecule has 3 aliphatic rings. The molecule has 0 saturated carbocycles. The fourth-order valence-corrected chi connectivity index (χ4v) is 4.61. The Balaban J connectivity index is 1.45. The van der Waals surface area contributed by atoms with E-state index in [1.165, 1.54) is 0 Å². The van der Waals surface area contributed by atoms with Gasteiger partial charge in [0.15, 0.2) is 0 Å². The molecular weight excluding hydrogens is 356 g/mol. The zero-order valence-electron chi connectivity index (χ0n) is 16.4. The minimum Gasteiger partial charge on any atom is -0.355 e. The summed E-state index contributed by atoms with van der Waals surface area (Å²) in [5.74, 6) is 0.421. The van der Waals surface area contributed by atoms with Crippen LogP contribution in [0.2, 0.25) is 0 Å². The number of carbonyl (C=O) groups is 3. The molecule has 0 bridgehead atoms. The number of likely N-dealkylation sites (tertiary alicyclic amines) is 3. The van der Waals surface area contributed by atoms with E-state index in [1.807, 2.05) is 9.80 Å². The highest BCUT2D eigenvalue weighted by atomic mass is 16.2. The van der Waals surface area contributed by atoms with Crippen molar-refractivity contribution in [3.8, 4) is 0 Å². The zero-order chi connectivity index (χ0) is 19.7. The number of nitrogens with zero attached hydrogens (tertiary/aromatic N) is 3. The number of hydrogen-bond acceptors (Lipinski definition) is 4. The molecule has 0 aromatic heterocycles.